The molecule has 1 N–H and O–H groups in total. The summed E-state index contributed by atoms with van der Waals surface area (Å²) in [6.07, 6.45) is 1.00. The molecule has 3 aromatic rings. The van der Waals surface area contributed by atoms with Crippen LogP contribution in [0.2, 0.25) is 0 Å². The molecule has 2 aromatic carbocycles. The molecule has 0 aliphatic carbocycles. The number of benzene rings is 2. The lowest BCUT2D eigenvalue weighted by atomic mass is 10.1. The fourth-order valence-electron chi connectivity index (χ4n) is 3.71. The molecule has 0 saturated heterocycles. The van der Waals surface area contributed by atoms with Gasteiger partial charge in [-0.15, -0.1) is 0 Å². The van der Waals surface area contributed by atoms with Gasteiger partial charge in [-0.1, -0.05) is 6.07 Å². The molecule has 8 nitrogen and oxygen atoms in total. The molecule has 1 heterocycles. The number of rotatable bonds is 9. The number of ether oxygens (including phenoxy) is 2. The molecule has 0 aliphatic rings. The van der Waals surface area contributed by atoms with Gasteiger partial charge in [-0.25, -0.2) is 22.0 Å². The van der Waals surface area contributed by atoms with Gasteiger partial charge in [0.2, 0.25) is 0 Å². The molecule has 0 amide bonds. The van der Waals surface area contributed by atoms with Crippen molar-refractivity contribution in [3.8, 4) is 11.5 Å². The molecule has 32 heavy (non-hydrogen) atoms. The average Bonchev–Trinajstić information content (AvgIpc) is 2.98. The molecule has 0 unspecified atom stereocenters. The fourth-order valence-corrected chi connectivity index (χ4v) is 4.62. The highest BCUT2D eigenvalue weighted by atomic mass is 32.2. The lowest BCUT2D eigenvalue weighted by Crippen LogP contribution is -2.32. The zero-order valence-corrected chi connectivity index (χ0v) is 18.7. The maximum Gasteiger partial charge on any atom is 0.329 e. The predicted octanol–water partition coefficient (Wildman–Crippen LogP) is 2.11. The number of aromatic nitrogens is 2. The standard InChI is InChI=1S/C21H24F2N2O6S/c1-4-31-19-9-13(5-6-18(19)30-2)17(12-32(3,28)29)25-20-15(23)10-14(22)11-16(20)24(7-8-26)21(25)27/h5-6,9-11,17,26H,4,7-8,12H2,1-3H3/t17-/m0/s1. The van der Waals surface area contributed by atoms with Crippen LogP contribution in [0.5, 0.6) is 11.5 Å². The monoisotopic (exact) mass is 470 g/mol. The third-order valence-corrected chi connectivity index (χ3v) is 5.87. The molecule has 174 valence electrons. The van der Waals surface area contributed by atoms with Gasteiger partial charge < -0.3 is 14.6 Å². The summed E-state index contributed by atoms with van der Waals surface area (Å²) < 4.78 is 66.2. The quantitative estimate of drug-likeness (QED) is 0.514. The van der Waals surface area contributed by atoms with Crippen molar-refractivity contribution in [2.75, 3.05) is 32.3 Å². The van der Waals surface area contributed by atoms with Gasteiger partial charge in [-0.3, -0.25) is 9.13 Å². The first-order valence-electron chi connectivity index (χ1n) is 9.80. The molecular formula is C21H24F2N2O6S. The zero-order chi connectivity index (χ0) is 23.6. The zero-order valence-electron chi connectivity index (χ0n) is 17.8. The molecule has 0 fully saturated rings. The normalized spacial score (nSPS) is 12.8. The summed E-state index contributed by atoms with van der Waals surface area (Å²) in [6.45, 7) is 1.39. The minimum atomic E-state index is -3.66. The summed E-state index contributed by atoms with van der Waals surface area (Å²) in [7, 11) is -2.21. The number of aliphatic hydroxyl groups is 1. The van der Waals surface area contributed by atoms with Crippen LogP contribution < -0.4 is 15.2 Å². The smallest absolute Gasteiger partial charge is 0.329 e. The van der Waals surface area contributed by atoms with Crippen LogP contribution >= 0.6 is 0 Å². The molecule has 1 atom stereocenters. The Balaban J connectivity index is 2.36. The lowest BCUT2D eigenvalue weighted by molar-refractivity contribution is 0.275. The second kappa shape index (κ2) is 9.29. The number of hydrogen-bond acceptors (Lipinski definition) is 6. The molecule has 1 aromatic heterocycles. The van der Waals surface area contributed by atoms with Gasteiger partial charge in [0, 0.05) is 18.4 Å². The van der Waals surface area contributed by atoms with E-state index in [4.69, 9.17) is 9.47 Å². The third-order valence-electron chi connectivity index (χ3n) is 4.94. The summed E-state index contributed by atoms with van der Waals surface area (Å²) in [5.74, 6) is -1.73. The molecule has 0 bridgehead atoms. The number of hydrogen-bond donors (Lipinski definition) is 1. The Morgan fingerprint density at radius 1 is 1.16 bits per heavy atom. The van der Waals surface area contributed by atoms with Crippen molar-refractivity contribution in [2.45, 2.75) is 19.5 Å². The molecular weight excluding hydrogens is 446 g/mol. The van der Waals surface area contributed by atoms with E-state index >= 15 is 0 Å². The Bertz CT molecular complexity index is 1300. The summed E-state index contributed by atoms with van der Waals surface area (Å²) in [6, 6.07) is 5.09. The van der Waals surface area contributed by atoms with Gasteiger partial charge >= 0.3 is 5.69 Å². The summed E-state index contributed by atoms with van der Waals surface area (Å²) in [5.41, 5.74) is -0.764. The molecule has 0 radical (unpaired) electrons. The van der Waals surface area contributed by atoms with Crippen molar-refractivity contribution < 1.29 is 31.8 Å². The Hall–Kier alpha value is -2.92. The Kier molecular flexibility index (Phi) is 6.89. The van der Waals surface area contributed by atoms with Crippen LogP contribution in [0.25, 0.3) is 11.0 Å². The van der Waals surface area contributed by atoms with E-state index in [0.717, 1.165) is 21.5 Å². The number of fused-ring (bicyclic) bond motifs is 1. The van der Waals surface area contributed by atoms with Crippen molar-refractivity contribution in [2.24, 2.45) is 0 Å². The van der Waals surface area contributed by atoms with E-state index < -0.39 is 45.6 Å². The van der Waals surface area contributed by atoms with E-state index in [1.807, 2.05) is 0 Å². The lowest BCUT2D eigenvalue weighted by Gasteiger charge is -2.20. The van der Waals surface area contributed by atoms with Crippen molar-refractivity contribution >= 4 is 20.9 Å². The number of aliphatic hydroxyl groups excluding tert-OH is 1. The van der Waals surface area contributed by atoms with Gasteiger partial charge in [0.25, 0.3) is 0 Å². The predicted molar refractivity (Wildman–Crippen MR) is 115 cm³/mol. The van der Waals surface area contributed by atoms with E-state index in [0.29, 0.717) is 29.7 Å². The first kappa shape index (κ1) is 23.7. The van der Waals surface area contributed by atoms with Crippen LogP contribution in [0, 0.1) is 11.6 Å². The Morgan fingerprint density at radius 3 is 2.47 bits per heavy atom. The molecule has 3 rings (SSSR count). The number of imidazole rings is 1. The second-order valence-electron chi connectivity index (χ2n) is 7.23. The minimum Gasteiger partial charge on any atom is -0.493 e. The van der Waals surface area contributed by atoms with Crippen LogP contribution in [-0.2, 0) is 16.4 Å². The maximum atomic E-state index is 14.9. The first-order chi connectivity index (χ1) is 15.1. The van der Waals surface area contributed by atoms with Gasteiger partial charge in [-0.2, -0.15) is 0 Å². The van der Waals surface area contributed by atoms with Gasteiger partial charge in [-0.05, 0) is 24.6 Å². The topological polar surface area (TPSA) is 99.8 Å². The minimum absolute atomic E-state index is 0.0846. The number of halogens is 2. The summed E-state index contributed by atoms with van der Waals surface area (Å²) >= 11 is 0. The van der Waals surface area contributed by atoms with Gasteiger partial charge in [0.15, 0.2) is 17.3 Å². The van der Waals surface area contributed by atoms with Crippen molar-refractivity contribution in [3.05, 3.63) is 58.0 Å². The van der Waals surface area contributed by atoms with Gasteiger partial charge in [0.1, 0.15) is 21.2 Å². The largest absolute Gasteiger partial charge is 0.493 e. The van der Waals surface area contributed by atoms with E-state index in [1.165, 1.54) is 13.2 Å². The average molecular weight is 470 g/mol. The van der Waals surface area contributed by atoms with Crippen molar-refractivity contribution in [1.29, 1.82) is 0 Å². The second-order valence-corrected chi connectivity index (χ2v) is 9.42. The van der Waals surface area contributed by atoms with E-state index in [-0.39, 0.29) is 17.6 Å². The summed E-state index contributed by atoms with van der Waals surface area (Å²) in [5, 5.41) is 9.36. The Labute approximate surface area is 183 Å². The SMILES string of the molecule is CCOc1cc([C@H](CS(C)(=O)=O)n2c(=O)n(CCO)c3cc(F)cc(F)c32)ccc1OC. The number of methoxy groups -OCH3 is 1. The van der Waals surface area contributed by atoms with Crippen LogP contribution in [0.3, 0.4) is 0 Å². The molecule has 0 aliphatic heterocycles. The molecule has 0 saturated carbocycles. The number of nitrogens with zero attached hydrogens (tertiary/aromatic N) is 2. The van der Waals surface area contributed by atoms with Crippen LogP contribution in [0.1, 0.15) is 18.5 Å². The van der Waals surface area contributed by atoms with Crippen molar-refractivity contribution in [3.63, 3.8) is 0 Å². The van der Waals surface area contributed by atoms with E-state index in [1.54, 1.807) is 19.1 Å². The fraction of sp³-hybridized carbons (Fsp3) is 0.381. The highest BCUT2D eigenvalue weighted by Crippen LogP contribution is 2.33. The van der Waals surface area contributed by atoms with Gasteiger partial charge in [0.05, 0.1) is 44.2 Å². The maximum absolute atomic E-state index is 14.9. The van der Waals surface area contributed by atoms with Crippen molar-refractivity contribution in [1.82, 2.24) is 9.13 Å². The molecule has 11 heteroatoms. The van der Waals surface area contributed by atoms with Crippen LogP contribution in [0.4, 0.5) is 8.78 Å². The first-order valence-corrected chi connectivity index (χ1v) is 11.9. The van der Waals surface area contributed by atoms with E-state index in [2.05, 4.69) is 0 Å². The van der Waals surface area contributed by atoms with Crippen LogP contribution in [-0.4, -0.2) is 55.0 Å². The highest BCUT2D eigenvalue weighted by Gasteiger charge is 2.28. The number of sulfone groups is 1. The summed E-state index contributed by atoms with van der Waals surface area (Å²) in [4.78, 5) is 13.3. The molecule has 0 spiro atoms. The Morgan fingerprint density at radius 2 is 1.88 bits per heavy atom. The third kappa shape index (κ3) is 4.63. The van der Waals surface area contributed by atoms with Crippen LogP contribution in [0.15, 0.2) is 35.1 Å². The van der Waals surface area contributed by atoms with E-state index in [9.17, 15) is 27.1 Å². The highest BCUT2D eigenvalue weighted by molar-refractivity contribution is 7.90.